The van der Waals surface area contributed by atoms with Crippen molar-refractivity contribution in [2.75, 3.05) is 6.54 Å². The fourth-order valence-electron chi connectivity index (χ4n) is 3.73. The fourth-order valence-corrected chi connectivity index (χ4v) is 3.73. The number of Topliss-reactive ketones (excluding diaryl/α,β-unsaturated/α-hetero) is 1. The summed E-state index contributed by atoms with van der Waals surface area (Å²) in [5.74, 6) is -1.05. The molecule has 2 amide bonds. The van der Waals surface area contributed by atoms with Crippen LogP contribution in [0.1, 0.15) is 43.8 Å². The van der Waals surface area contributed by atoms with Gasteiger partial charge in [-0.15, -0.1) is 0 Å². The normalized spacial score (nSPS) is 19.7. The van der Waals surface area contributed by atoms with Crippen LogP contribution in [0.25, 0.3) is 0 Å². The van der Waals surface area contributed by atoms with Gasteiger partial charge in [0.25, 0.3) is 0 Å². The highest BCUT2D eigenvalue weighted by Gasteiger charge is 2.32. The molecule has 1 aliphatic heterocycles. The number of ketones is 1. The number of amides is 2. The van der Waals surface area contributed by atoms with Crippen LogP contribution in [-0.2, 0) is 33.8 Å². The van der Waals surface area contributed by atoms with Crippen LogP contribution in [0.15, 0.2) is 42.6 Å². The van der Waals surface area contributed by atoms with Gasteiger partial charge >= 0.3 is 6.09 Å². The summed E-state index contributed by atoms with van der Waals surface area (Å²) >= 11 is 0. The van der Waals surface area contributed by atoms with Crippen molar-refractivity contribution in [1.82, 2.24) is 25.9 Å². The molecule has 3 rings (SSSR count). The minimum Gasteiger partial charge on any atom is -0.445 e. The van der Waals surface area contributed by atoms with Crippen LogP contribution in [0, 0.1) is 5.92 Å². The highest BCUT2D eigenvalue weighted by molar-refractivity contribution is 5.94. The van der Waals surface area contributed by atoms with Crippen LogP contribution in [0.4, 0.5) is 4.79 Å². The molecular formula is C25H33N5O5. The molecule has 0 spiro atoms. The molecule has 1 aliphatic rings. The van der Waals surface area contributed by atoms with Gasteiger partial charge in [0.1, 0.15) is 18.5 Å². The number of nitrogens with zero attached hydrogens (tertiary/aromatic N) is 2. The zero-order valence-electron chi connectivity index (χ0n) is 20.1. The molecule has 10 nitrogen and oxygen atoms in total. The second kappa shape index (κ2) is 12.9. The lowest BCUT2D eigenvalue weighted by Crippen LogP contribution is -2.57. The van der Waals surface area contributed by atoms with E-state index in [0.29, 0.717) is 12.4 Å². The van der Waals surface area contributed by atoms with Crippen molar-refractivity contribution < 1.29 is 24.2 Å². The molecule has 0 aliphatic carbocycles. The first-order chi connectivity index (χ1) is 16.8. The Hall–Kier alpha value is -3.37. The lowest BCUT2D eigenvalue weighted by atomic mass is 10.0. The van der Waals surface area contributed by atoms with E-state index in [1.54, 1.807) is 20.0 Å². The second-order valence-corrected chi connectivity index (χ2v) is 8.87. The molecular weight excluding hydrogens is 450 g/mol. The van der Waals surface area contributed by atoms with E-state index >= 15 is 0 Å². The maximum absolute atomic E-state index is 13.1. The topological polar surface area (TPSA) is 143 Å². The Bertz CT molecular complexity index is 1000. The predicted molar refractivity (Wildman–Crippen MR) is 128 cm³/mol. The van der Waals surface area contributed by atoms with Crippen molar-refractivity contribution in [2.45, 2.75) is 64.4 Å². The number of hydrogen-bond acceptors (Lipinski definition) is 8. The molecule has 1 aromatic heterocycles. The van der Waals surface area contributed by atoms with Gasteiger partial charge < -0.3 is 20.5 Å². The molecule has 10 heteroatoms. The number of nitrogens with one attached hydrogen (secondary N) is 3. The third-order valence-electron chi connectivity index (χ3n) is 5.71. The summed E-state index contributed by atoms with van der Waals surface area (Å²) in [5.41, 5.74) is 1.67. The fraction of sp³-hybridized carbons (Fsp3) is 0.480. The zero-order valence-corrected chi connectivity index (χ0v) is 20.1. The smallest absolute Gasteiger partial charge is 0.408 e. The van der Waals surface area contributed by atoms with Crippen molar-refractivity contribution in [1.29, 1.82) is 0 Å². The van der Waals surface area contributed by atoms with Crippen molar-refractivity contribution in [3.05, 3.63) is 59.7 Å². The van der Waals surface area contributed by atoms with Crippen molar-refractivity contribution >= 4 is 17.8 Å². The van der Waals surface area contributed by atoms with Gasteiger partial charge in [0, 0.05) is 18.3 Å². The first kappa shape index (κ1) is 26.2. The van der Waals surface area contributed by atoms with E-state index in [9.17, 15) is 19.5 Å². The van der Waals surface area contributed by atoms with Gasteiger partial charge in [0.2, 0.25) is 5.91 Å². The molecule has 188 valence electrons. The number of aromatic nitrogens is 2. The summed E-state index contributed by atoms with van der Waals surface area (Å²) in [6.07, 6.45) is 1.82. The standard InChI is InChI=1S/C25H33N5O5/c1-16(2)21(30-25(34)35-15-17-8-4-3-5-9-17)23(32)29-19-14-20-26-13-11-18(28-20)10-6-7-12-27-24(33)22(19)31/h3-5,8-9,11,13,16,19,21,24,27,33H,6-7,10,12,14-15H2,1-2H3,(H,29,32)(H,30,34). The predicted octanol–water partition coefficient (Wildman–Crippen LogP) is 1.27. The molecule has 3 atom stereocenters. The Kier molecular flexibility index (Phi) is 9.68. The number of hydrogen-bond donors (Lipinski definition) is 4. The molecule has 35 heavy (non-hydrogen) atoms. The number of aryl methyl sites for hydroxylation is 1. The van der Waals surface area contributed by atoms with Crippen LogP contribution >= 0.6 is 0 Å². The molecule has 0 saturated heterocycles. The zero-order chi connectivity index (χ0) is 25.2. The van der Waals surface area contributed by atoms with Crippen molar-refractivity contribution in [2.24, 2.45) is 5.92 Å². The minimum atomic E-state index is -1.44. The number of rotatable bonds is 6. The van der Waals surface area contributed by atoms with Crippen LogP contribution in [0.2, 0.25) is 0 Å². The van der Waals surface area contributed by atoms with Gasteiger partial charge in [-0.3, -0.25) is 14.9 Å². The van der Waals surface area contributed by atoms with E-state index in [1.165, 1.54) is 0 Å². The average Bonchev–Trinajstić information content (AvgIpc) is 2.85. The molecule has 2 bridgehead atoms. The summed E-state index contributed by atoms with van der Waals surface area (Å²) < 4.78 is 5.24. The van der Waals surface area contributed by atoms with E-state index < -0.39 is 36.1 Å². The number of carbonyl (C=O) groups is 3. The molecule has 0 saturated carbocycles. The third kappa shape index (κ3) is 8.11. The molecule has 0 radical (unpaired) electrons. The van der Waals surface area contributed by atoms with Gasteiger partial charge in [-0.1, -0.05) is 44.2 Å². The van der Waals surface area contributed by atoms with Gasteiger partial charge in [-0.2, -0.15) is 0 Å². The Labute approximate surface area is 204 Å². The summed E-state index contributed by atoms with van der Waals surface area (Å²) in [4.78, 5) is 47.2. The summed E-state index contributed by atoms with van der Waals surface area (Å²) in [5, 5.41) is 18.4. The summed E-state index contributed by atoms with van der Waals surface area (Å²) in [6.45, 7) is 4.06. The Morgan fingerprint density at radius 2 is 1.97 bits per heavy atom. The number of alkyl carbamates (subject to hydrolysis) is 1. The molecule has 2 aromatic rings. The van der Waals surface area contributed by atoms with E-state index in [2.05, 4.69) is 25.9 Å². The monoisotopic (exact) mass is 483 g/mol. The average molecular weight is 484 g/mol. The lowest BCUT2D eigenvalue weighted by Gasteiger charge is -2.26. The second-order valence-electron chi connectivity index (χ2n) is 8.87. The molecule has 1 aromatic carbocycles. The van der Waals surface area contributed by atoms with Gasteiger partial charge in [0.15, 0.2) is 12.0 Å². The minimum absolute atomic E-state index is 0.0143. The van der Waals surface area contributed by atoms with Crippen LogP contribution in [0.5, 0.6) is 0 Å². The largest absolute Gasteiger partial charge is 0.445 e. The van der Waals surface area contributed by atoms with Crippen molar-refractivity contribution in [3.8, 4) is 0 Å². The highest BCUT2D eigenvalue weighted by atomic mass is 16.5. The van der Waals surface area contributed by atoms with E-state index in [4.69, 9.17) is 4.74 Å². The molecule has 3 unspecified atom stereocenters. The Balaban J connectivity index is 1.70. The third-order valence-corrected chi connectivity index (χ3v) is 5.71. The van der Waals surface area contributed by atoms with Gasteiger partial charge in [0.05, 0.1) is 6.04 Å². The van der Waals surface area contributed by atoms with E-state index in [0.717, 1.165) is 30.5 Å². The molecule has 4 N–H and O–H groups in total. The van der Waals surface area contributed by atoms with Crippen molar-refractivity contribution in [3.63, 3.8) is 0 Å². The first-order valence-electron chi connectivity index (χ1n) is 11.9. The maximum Gasteiger partial charge on any atom is 0.408 e. The van der Waals surface area contributed by atoms with Crippen LogP contribution in [0.3, 0.4) is 0 Å². The van der Waals surface area contributed by atoms with Crippen LogP contribution in [-0.4, -0.2) is 57.7 Å². The van der Waals surface area contributed by atoms with Gasteiger partial charge in [-0.05, 0) is 43.4 Å². The van der Waals surface area contributed by atoms with Crippen LogP contribution < -0.4 is 16.0 Å². The highest BCUT2D eigenvalue weighted by Crippen LogP contribution is 2.09. The number of carbonyl (C=O) groups excluding carboxylic acids is 3. The SMILES string of the molecule is CC(C)C(NC(=O)OCc1ccccc1)C(=O)NC1Cc2nccc(n2)CCCCNC(O)C1=O. The number of ether oxygens (including phenoxy) is 1. The quantitative estimate of drug-likeness (QED) is 0.481. The lowest BCUT2D eigenvalue weighted by molar-refractivity contribution is -0.135. The summed E-state index contributed by atoms with van der Waals surface area (Å²) in [6, 6.07) is 8.98. The summed E-state index contributed by atoms with van der Waals surface area (Å²) in [7, 11) is 0. The number of aliphatic hydroxyl groups excluding tert-OH is 1. The van der Waals surface area contributed by atoms with E-state index in [-0.39, 0.29) is 18.9 Å². The number of benzene rings is 1. The Morgan fingerprint density at radius 1 is 1.20 bits per heavy atom. The first-order valence-corrected chi connectivity index (χ1v) is 11.9. The molecule has 0 fully saturated rings. The number of aliphatic hydroxyl groups is 1. The maximum atomic E-state index is 13.1. The number of fused-ring (bicyclic) bond motifs is 2. The van der Waals surface area contributed by atoms with Gasteiger partial charge in [-0.25, -0.2) is 14.8 Å². The van der Waals surface area contributed by atoms with E-state index in [1.807, 2.05) is 36.4 Å². The molecule has 2 heterocycles. The Morgan fingerprint density at radius 3 is 2.71 bits per heavy atom.